The fourth-order valence-corrected chi connectivity index (χ4v) is 2.36. The fraction of sp³-hybridized carbons (Fsp3) is 0.111. The number of amides is 1. The molecular formula is C18H14ClFN2O2. The van der Waals surface area contributed by atoms with E-state index in [0.717, 1.165) is 10.9 Å². The molecule has 4 nitrogen and oxygen atoms in total. The zero-order chi connectivity index (χ0) is 16.9. The van der Waals surface area contributed by atoms with E-state index in [2.05, 4.69) is 10.3 Å². The monoisotopic (exact) mass is 344 g/mol. The normalized spacial score (nSPS) is 10.6. The molecule has 0 atom stereocenters. The molecule has 6 heteroatoms. The van der Waals surface area contributed by atoms with Gasteiger partial charge in [-0.2, -0.15) is 0 Å². The molecule has 0 aliphatic heterocycles. The minimum absolute atomic E-state index is 0.199. The molecular weight excluding hydrogens is 331 g/mol. The Balaban J connectivity index is 1.55. The van der Waals surface area contributed by atoms with Gasteiger partial charge in [-0.1, -0.05) is 11.6 Å². The van der Waals surface area contributed by atoms with Crippen LogP contribution in [0.1, 0.15) is 10.4 Å². The van der Waals surface area contributed by atoms with Crippen molar-refractivity contribution >= 4 is 28.4 Å². The Morgan fingerprint density at radius 2 is 1.92 bits per heavy atom. The fourth-order valence-electron chi connectivity index (χ4n) is 2.21. The van der Waals surface area contributed by atoms with Crippen LogP contribution in [0.3, 0.4) is 0 Å². The Hall–Kier alpha value is -2.66. The predicted octanol–water partition coefficient (Wildman–Crippen LogP) is 3.84. The van der Waals surface area contributed by atoms with Crippen LogP contribution in [-0.4, -0.2) is 24.0 Å². The maximum atomic E-state index is 12.8. The number of carbonyl (C=O) groups excluding carboxylic acids is 1. The first-order valence-corrected chi connectivity index (χ1v) is 7.72. The highest BCUT2D eigenvalue weighted by molar-refractivity contribution is 6.29. The average molecular weight is 345 g/mol. The maximum Gasteiger partial charge on any atom is 0.251 e. The average Bonchev–Trinajstić information content (AvgIpc) is 2.59. The number of fused-ring (bicyclic) bond motifs is 1. The number of hydrogen-bond donors (Lipinski definition) is 1. The first-order chi connectivity index (χ1) is 11.6. The number of nitrogens with zero attached hydrogens (tertiary/aromatic N) is 1. The van der Waals surface area contributed by atoms with Crippen LogP contribution < -0.4 is 10.1 Å². The Morgan fingerprint density at radius 1 is 1.12 bits per heavy atom. The Labute approximate surface area is 143 Å². The highest BCUT2D eigenvalue weighted by atomic mass is 35.5. The van der Waals surface area contributed by atoms with Gasteiger partial charge in [0.15, 0.2) is 0 Å². The molecule has 0 aliphatic rings. The number of ether oxygens (including phenoxy) is 1. The Bertz CT molecular complexity index is 869. The zero-order valence-corrected chi connectivity index (χ0v) is 13.4. The summed E-state index contributed by atoms with van der Waals surface area (Å²) in [6, 6.07) is 14.4. The van der Waals surface area contributed by atoms with Gasteiger partial charge in [0.25, 0.3) is 5.91 Å². The largest absolute Gasteiger partial charge is 0.492 e. The van der Waals surface area contributed by atoms with Crippen LogP contribution in [0, 0.1) is 5.82 Å². The van der Waals surface area contributed by atoms with Gasteiger partial charge < -0.3 is 10.1 Å². The van der Waals surface area contributed by atoms with Crippen molar-refractivity contribution in [2.45, 2.75) is 0 Å². The summed E-state index contributed by atoms with van der Waals surface area (Å²) in [5, 5.41) is 4.03. The minimum Gasteiger partial charge on any atom is -0.492 e. The highest BCUT2D eigenvalue weighted by Gasteiger charge is 2.07. The van der Waals surface area contributed by atoms with E-state index in [1.165, 1.54) is 12.1 Å². The van der Waals surface area contributed by atoms with E-state index in [1.807, 2.05) is 6.07 Å². The molecule has 0 bridgehead atoms. The summed E-state index contributed by atoms with van der Waals surface area (Å²) in [5.74, 6) is 0.0385. The van der Waals surface area contributed by atoms with Gasteiger partial charge in [0.1, 0.15) is 23.3 Å². The van der Waals surface area contributed by atoms with Crippen molar-refractivity contribution in [1.29, 1.82) is 0 Å². The molecule has 1 aromatic heterocycles. The lowest BCUT2D eigenvalue weighted by Gasteiger charge is -2.08. The van der Waals surface area contributed by atoms with Gasteiger partial charge in [0.2, 0.25) is 0 Å². The van der Waals surface area contributed by atoms with Crippen LogP contribution in [0.2, 0.25) is 5.15 Å². The summed E-state index contributed by atoms with van der Waals surface area (Å²) >= 11 is 5.84. The third-order valence-corrected chi connectivity index (χ3v) is 3.60. The van der Waals surface area contributed by atoms with Crippen molar-refractivity contribution < 1.29 is 13.9 Å². The van der Waals surface area contributed by atoms with Crippen molar-refractivity contribution in [3.8, 4) is 5.75 Å². The highest BCUT2D eigenvalue weighted by Crippen LogP contribution is 2.17. The van der Waals surface area contributed by atoms with Crippen molar-refractivity contribution in [3.63, 3.8) is 0 Å². The second-order valence-electron chi connectivity index (χ2n) is 5.10. The van der Waals surface area contributed by atoms with Gasteiger partial charge in [-0.25, -0.2) is 9.37 Å². The van der Waals surface area contributed by atoms with Gasteiger partial charge in [-0.05, 0) is 54.6 Å². The smallest absolute Gasteiger partial charge is 0.251 e. The molecule has 0 saturated carbocycles. The summed E-state index contributed by atoms with van der Waals surface area (Å²) in [4.78, 5) is 16.3. The van der Waals surface area contributed by atoms with E-state index < -0.39 is 0 Å². The standard InChI is InChI=1S/C18H14ClFN2O2/c19-17-8-2-12-11-13(1-7-16(12)22-17)18(23)21-9-10-24-15-5-3-14(20)4-6-15/h1-8,11H,9-10H2,(H,21,23). The number of aromatic nitrogens is 1. The van der Waals surface area contributed by atoms with Crippen LogP contribution in [0.25, 0.3) is 10.9 Å². The van der Waals surface area contributed by atoms with Crippen LogP contribution in [0.15, 0.2) is 54.6 Å². The summed E-state index contributed by atoms with van der Waals surface area (Å²) < 4.78 is 18.2. The van der Waals surface area contributed by atoms with E-state index >= 15 is 0 Å². The Morgan fingerprint density at radius 3 is 2.71 bits per heavy atom. The maximum absolute atomic E-state index is 12.8. The summed E-state index contributed by atoms with van der Waals surface area (Å²) in [6.45, 7) is 0.634. The number of carbonyl (C=O) groups is 1. The third-order valence-electron chi connectivity index (χ3n) is 3.39. The molecule has 2 aromatic carbocycles. The molecule has 24 heavy (non-hydrogen) atoms. The molecule has 122 valence electrons. The van der Waals surface area contributed by atoms with Crippen LogP contribution >= 0.6 is 11.6 Å². The second-order valence-corrected chi connectivity index (χ2v) is 5.49. The third kappa shape index (κ3) is 4.00. The van der Waals surface area contributed by atoms with Crippen molar-refractivity contribution in [2.75, 3.05) is 13.2 Å². The molecule has 1 amide bonds. The molecule has 0 fully saturated rings. The summed E-state index contributed by atoms with van der Waals surface area (Å²) in [7, 11) is 0. The van der Waals surface area contributed by atoms with Crippen molar-refractivity contribution in [1.82, 2.24) is 10.3 Å². The number of halogens is 2. The van der Waals surface area contributed by atoms with Crippen LogP contribution in [0.4, 0.5) is 4.39 Å². The summed E-state index contributed by atoms with van der Waals surface area (Å²) in [5.41, 5.74) is 1.27. The minimum atomic E-state index is -0.317. The zero-order valence-electron chi connectivity index (χ0n) is 12.6. The molecule has 0 aliphatic carbocycles. The van der Waals surface area contributed by atoms with Crippen LogP contribution in [0.5, 0.6) is 5.75 Å². The van der Waals surface area contributed by atoms with E-state index in [9.17, 15) is 9.18 Å². The molecule has 0 unspecified atom stereocenters. The van der Waals surface area contributed by atoms with Gasteiger partial charge in [-0.15, -0.1) is 0 Å². The lowest BCUT2D eigenvalue weighted by Crippen LogP contribution is -2.28. The number of pyridine rings is 1. The number of hydrogen-bond acceptors (Lipinski definition) is 3. The van der Waals surface area contributed by atoms with Gasteiger partial charge in [-0.3, -0.25) is 4.79 Å². The predicted molar refractivity (Wildman–Crippen MR) is 91.0 cm³/mol. The van der Waals surface area contributed by atoms with E-state index in [1.54, 1.807) is 36.4 Å². The number of benzene rings is 2. The first kappa shape index (κ1) is 16.2. The van der Waals surface area contributed by atoms with Crippen LogP contribution in [-0.2, 0) is 0 Å². The number of nitrogens with one attached hydrogen (secondary N) is 1. The van der Waals surface area contributed by atoms with Gasteiger partial charge >= 0.3 is 0 Å². The summed E-state index contributed by atoms with van der Waals surface area (Å²) in [6.07, 6.45) is 0. The van der Waals surface area contributed by atoms with E-state index in [4.69, 9.17) is 16.3 Å². The van der Waals surface area contributed by atoms with E-state index in [0.29, 0.717) is 29.6 Å². The second kappa shape index (κ2) is 7.27. The van der Waals surface area contributed by atoms with Crippen molar-refractivity contribution in [3.05, 3.63) is 71.1 Å². The molecule has 0 radical (unpaired) electrons. The van der Waals surface area contributed by atoms with E-state index in [-0.39, 0.29) is 11.7 Å². The molecule has 1 heterocycles. The topological polar surface area (TPSA) is 51.2 Å². The Kier molecular flexibility index (Phi) is 4.91. The molecule has 3 rings (SSSR count). The SMILES string of the molecule is O=C(NCCOc1ccc(F)cc1)c1ccc2nc(Cl)ccc2c1. The lowest BCUT2D eigenvalue weighted by molar-refractivity contribution is 0.0947. The lowest BCUT2D eigenvalue weighted by atomic mass is 10.1. The molecule has 0 spiro atoms. The molecule has 0 saturated heterocycles. The van der Waals surface area contributed by atoms with Crippen molar-refractivity contribution in [2.24, 2.45) is 0 Å². The first-order valence-electron chi connectivity index (χ1n) is 7.35. The number of rotatable bonds is 5. The molecule has 3 aromatic rings. The van der Waals surface area contributed by atoms with Gasteiger partial charge in [0.05, 0.1) is 12.1 Å². The quantitative estimate of drug-likeness (QED) is 0.565. The molecule has 1 N–H and O–H groups in total. The van der Waals surface area contributed by atoms with Gasteiger partial charge in [0, 0.05) is 10.9 Å².